The van der Waals surface area contributed by atoms with Crippen LogP contribution in [0.1, 0.15) is 11.3 Å². The Morgan fingerprint density at radius 2 is 2.05 bits per heavy atom. The third-order valence-corrected chi connectivity index (χ3v) is 3.13. The summed E-state index contributed by atoms with van der Waals surface area (Å²) < 4.78 is 0. The Hall–Kier alpha value is -2.58. The van der Waals surface area contributed by atoms with Gasteiger partial charge in [-0.25, -0.2) is 4.98 Å². The van der Waals surface area contributed by atoms with E-state index in [2.05, 4.69) is 4.98 Å². The maximum Gasteiger partial charge on any atom is 0.323 e. The van der Waals surface area contributed by atoms with Gasteiger partial charge in [0.2, 0.25) is 0 Å². The molecule has 0 spiro atoms. The highest BCUT2D eigenvalue weighted by Crippen LogP contribution is 2.20. The molecule has 106 valence electrons. The molecule has 0 aliphatic rings. The minimum atomic E-state index is -0.952. The zero-order chi connectivity index (χ0) is 15.2. The van der Waals surface area contributed by atoms with Crippen molar-refractivity contribution in [1.29, 1.82) is 5.26 Å². The summed E-state index contributed by atoms with van der Waals surface area (Å²) in [5, 5.41) is 18.7. The van der Waals surface area contributed by atoms with Gasteiger partial charge in [0.05, 0.1) is 0 Å². The maximum atomic E-state index is 11.0. The summed E-state index contributed by atoms with van der Waals surface area (Å²) in [6, 6.07) is 12.4. The second kappa shape index (κ2) is 6.73. The van der Waals surface area contributed by atoms with Crippen LogP contribution in [0.4, 0.5) is 5.69 Å². The molecule has 1 N–H and O–H groups in total. The number of carbonyl (C=O) groups is 1. The van der Waals surface area contributed by atoms with Gasteiger partial charge in [-0.3, -0.25) is 4.79 Å². The number of aromatic nitrogens is 1. The van der Waals surface area contributed by atoms with Crippen molar-refractivity contribution < 1.29 is 9.90 Å². The molecule has 0 unspecified atom stereocenters. The van der Waals surface area contributed by atoms with Gasteiger partial charge in [0.15, 0.2) is 0 Å². The number of rotatable bonds is 5. The largest absolute Gasteiger partial charge is 0.480 e. The highest BCUT2D eigenvalue weighted by atomic mass is 35.5. The number of hydrogen-bond acceptors (Lipinski definition) is 4. The molecule has 6 heteroatoms. The predicted molar refractivity (Wildman–Crippen MR) is 79.1 cm³/mol. The van der Waals surface area contributed by atoms with Gasteiger partial charge in [0.25, 0.3) is 0 Å². The first kappa shape index (κ1) is 14.8. The summed E-state index contributed by atoms with van der Waals surface area (Å²) in [5.41, 5.74) is 1.69. The molecule has 0 atom stereocenters. The maximum absolute atomic E-state index is 11.0. The Bertz CT molecular complexity index is 680. The van der Waals surface area contributed by atoms with Gasteiger partial charge in [0.1, 0.15) is 18.3 Å². The number of nitriles is 1. The summed E-state index contributed by atoms with van der Waals surface area (Å²) in [4.78, 5) is 16.7. The van der Waals surface area contributed by atoms with Gasteiger partial charge in [-0.05, 0) is 30.3 Å². The molecule has 0 bridgehead atoms. The fourth-order valence-electron chi connectivity index (χ4n) is 1.93. The summed E-state index contributed by atoms with van der Waals surface area (Å²) >= 11 is 5.84. The lowest BCUT2D eigenvalue weighted by atomic mass is 10.1. The van der Waals surface area contributed by atoms with E-state index >= 15 is 0 Å². The van der Waals surface area contributed by atoms with Crippen molar-refractivity contribution in [2.24, 2.45) is 0 Å². The molecule has 0 saturated heterocycles. The smallest absolute Gasteiger partial charge is 0.323 e. The van der Waals surface area contributed by atoms with Crippen LogP contribution in [0.25, 0.3) is 0 Å². The van der Waals surface area contributed by atoms with E-state index in [0.717, 1.165) is 5.69 Å². The van der Waals surface area contributed by atoms with Crippen molar-refractivity contribution in [3.8, 4) is 6.07 Å². The van der Waals surface area contributed by atoms with Crippen molar-refractivity contribution in [2.45, 2.75) is 6.54 Å². The van der Waals surface area contributed by atoms with Gasteiger partial charge >= 0.3 is 5.97 Å². The number of anilines is 1. The zero-order valence-corrected chi connectivity index (χ0v) is 11.8. The zero-order valence-electron chi connectivity index (χ0n) is 11.0. The standard InChI is InChI=1S/C15H12ClN3O2/c16-12-3-5-13(6-4-12)19(10-15(20)21)9-11-2-1-7-18-14(11)8-17/h1-7H,9-10H2,(H,20,21). The molecule has 0 radical (unpaired) electrons. The van der Waals surface area contributed by atoms with Crippen LogP contribution in [0.5, 0.6) is 0 Å². The lowest BCUT2D eigenvalue weighted by Crippen LogP contribution is -2.29. The van der Waals surface area contributed by atoms with E-state index in [9.17, 15) is 4.79 Å². The molecule has 1 aromatic heterocycles. The van der Waals surface area contributed by atoms with E-state index in [1.165, 1.54) is 6.20 Å². The number of halogens is 1. The van der Waals surface area contributed by atoms with Crippen molar-refractivity contribution in [3.63, 3.8) is 0 Å². The third-order valence-electron chi connectivity index (χ3n) is 2.88. The monoisotopic (exact) mass is 301 g/mol. The number of carboxylic acids is 1. The molecular weight excluding hydrogens is 290 g/mol. The molecular formula is C15H12ClN3O2. The quantitative estimate of drug-likeness (QED) is 0.918. The highest BCUT2D eigenvalue weighted by Gasteiger charge is 2.14. The van der Waals surface area contributed by atoms with Crippen molar-refractivity contribution >= 4 is 23.3 Å². The van der Waals surface area contributed by atoms with Crippen LogP contribution in [0.3, 0.4) is 0 Å². The van der Waals surface area contributed by atoms with Gasteiger partial charge in [-0.15, -0.1) is 0 Å². The third kappa shape index (κ3) is 3.94. The fraction of sp³-hybridized carbons (Fsp3) is 0.133. The number of nitrogens with zero attached hydrogens (tertiary/aromatic N) is 3. The number of hydrogen-bond donors (Lipinski definition) is 1. The van der Waals surface area contributed by atoms with E-state index in [4.69, 9.17) is 22.0 Å². The van der Waals surface area contributed by atoms with Gasteiger partial charge in [-0.1, -0.05) is 17.7 Å². The lowest BCUT2D eigenvalue weighted by molar-refractivity contribution is -0.135. The van der Waals surface area contributed by atoms with E-state index in [-0.39, 0.29) is 13.1 Å². The normalized spacial score (nSPS) is 9.90. The molecule has 2 rings (SSSR count). The van der Waals surface area contributed by atoms with E-state index in [0.29, 0.717) is 16.3 Å². The van der Waals surface area contributed by atoms with Gasteiger partial charge < -0.3 is 10.0 Å². The van der Waals surface area contributed by atoms with Crippen LogP contribution in [0, 0.1) is 11.3 Å². The first-order chi connectivity index (χ1) is 10.1. The number of aliphatic carboxylic acids is 1. The van der Waals surface area contributed by atoms with Crippen LogP contribution in [0.2, 0.25) is 5.02 Å². The molecule has 1 aromatic carbocycles. The van der Waals surface area contributed by atoms with Gasteiger partial charge in [0, 0.05) is 29.0 Å². The van der Waals surface area contributed by atoms with Crippen LogP contribution in [0.15, 0.2) is 42.6 Å². The Labute approximate surface area is 127 Å². The van der Waals surface area contributed by atoms with Crippen molar-refractivity contribution in [2.75, 3.05) is 11.4 Å². The second-order valence-electron chi connectivity index (χ2n) is 4.35. The van der Waals surface area contributed by atoms with Crippen LogP contribution >= 0.6 is 11.6 Å². The first-order valence-electron chi connectivity index (χ1n) is 6.16. The van der Waals surface area contributed by atoms with Crippen LogP contribution in [-0.2, 0) is 11.3 Å². The molecule has 2 aromatic rings. The molecule has 0 fully saturated rings. The first-order valence-corrected chi connectivity index (χ1v) is 6.54. The van der Waals surface area contributed by atoms with Crippen LogP contribution in [-0.4, -0.2) is 22.6 Å². The number of carboxylic acid groups (broad SMARTS) is 1. The molecule has 1 heterocycles. The Kier molecular flexibility index (Phi) is 4.75. The van der Waals surface area contributed by atoms with Crippen molar-refractivity contribution in [1.82, 2.24) is 4.98 Å². The fourth-order valence-corrected chi connectivity index (χ4v) is 2.05. The Morgan fingerprint density at radius 3 is 2.67 bits per heavy atom. The summed E-state index contributed by atoms with van der Waals surface area (Å²) in [5.74, 6) is -0.952. The van der Waals surface area contributed by atoms with Gasteiger partial charge in [-0.2, -0.15) is 5.26 Å². The SMILES string of the molecule is N#Cc1ncccc1CN(CC(=O)O)c1ccc(Cl)cc1. The minimum Gasteiger partial charge on any atom is -0.480 e. The molecule has 5 nitrogen and oxygen atoms in total. The summed E-state index contributed by atoms with van der Waals surface area (Å²) in [7, 11) is 0. The molecule has 0 aliphatic carbocycles. The van der Waals surface area contributed by atoms with E-state index in [1.54, 1.807) is 41.3 Å². The Morgan fingerprint density at radius 1 is 1.33 bits per heavy atom. The van der Waals surface area contributed by atoms with E-state index < -0.39 is 5.97 Å². The number of pyridine rings is 1. The predicted octanol–water partition coefficient (Wildman–Crippen LogP) is 2.70. The van der Waals surface area contributed by atoms with Crippen molar-refractivity contribution in [3.05, 3.63) is 58.9 Å². The Balaban J connectivity index is 2.30. The summed E-state index contributed by atoms with van der Waals surface area (Å²) in [6.45, 7) is 0.103. The lowest BCUT2D eigenvalue weighted by Gasteiger charge is -2.23. The average Bonchev–Trinajstić information content (AvgIpc) is 2.47. The minimum absolute atomic E-state index is 0.179. The summed E-state index contributed by atoms with van der Waals surface area (Å²) in [6.07, 6.45) is 1.53. The molecule has 0 amide bonds. The second-order valence-corrected chi connectivity index (χ2v) is 4.79. The number of benzene rings is 1. The molecule has 0 aliphatic heterocycles. The molecule has 21 heavy (non-hydrogen) atoms. The topological polar surface area (TPSA) is 77.2 Å². The molecule has 0 saturated carbocycles. The highest BCUT2D eigenvalue weighted by molar-refractivity contribution is 6.30. The van der Waals surface area contributed by atoms with E-state index in [1.807, 2.05) is 6.07 Å². The average molecular weight is 302 g/mol. The van der Waals surface area contributed by atoms with Crippen LogP contribution < -0.4 is 4.90 Å².